The topological polar surface area (TPSA) is 83.5 Å². The summed E-state index contributed by atoms with van der Waals surface area (Å²) in [7, 11) is 0. The van der Waals surface area contributed by atoms with Gasteiger partial charge in [-0.05, 0) is 48.1 Å². The number of pyridine rings is 1. The Labute approximate surface area is 187 Å². The fourth-order valence-corrected chi connectivity index (χ4v) is 5.05. The van der Waals surface area contributed by atoms with Gasteiger partial charge in [-0.2, -0.15) is 0 Å². The number of nitrogens with one attached hydrogen (secondary N) is 2. The van der Waals surface area contributed by atoms with Gasteiger partial charge in [0.05, 0.1) is 24.3 Å². The minimum atomic E-state index is -0.817. The predicted octanol–water partition coefficient (Wildman–Crippen LogP) is 4.23. The molecule has 1 spiro atoms. The second-order valence-electron chi connectivity index (χ2n) is 8.64. The van der Waals surface area contributed by atoms with Crippen molar-refractivity contribution in [2.45, 2.75) is 36.8 Å². The van der Waals surface area contributed by atoms with Crippen molar-refractivity contribution in [2.75, 3.05) is 23.8 Å². The molecule has 164 valence electrons. The number of carboxylic acid groups (broad SMARTS) is 1. The maximum atomic E-state index is 11.0. The van der Waals surface area contributed by atoms with Crippen LogP contribution in [0.15, 0.2) is 72.9 Å². The number of benzene rings is 2. The van der Waals surface area contributed by atoms with Gasteiger partial charge < -0.3 is 20.5 Å². The number of hydrogen-bond acceptors (Lipinski definition) is 5. The molecule has 1 fully saturated rings. The Morgan fingerprint density at radius 1 is 1.03 bits per heavy atom. The quantitative estimate of drug-likeness (QED) is 0.521. The van der Waals surface area contributed by atoms with E-state index in [4.69, 9.17) is 9.84 Å². The molecule has 6 heteroatoms. The summed E-state index contributed by atoms with van der Waals surface area (Å²) in [5.74, 6) is 0.0475. The molecular formula is C26H27N3O3. The number of ether oxygens (including phenoxy) is 1. The molecule has 0 saturated heterocycles. The average molecular weight is 430 g/mol. The largest absolute Gasteiger partial charge is 0.481 e. The van der Waals surface area contributed by atoms with Crippen molar-refractivity contribution < 1.29 is 14.6 Å². The molecule has 32 heavy (non-hydrogen) atoms. The Morgan fingerprint density at radius 3 is 2.66 bits per heavy atom. The van der Waals surface area contributed by atoms with Crippen molar-refractivity contribution in [2.24, 2.45) is 0 Å². The van der Waals surface area contributed by atoms with Crippen LogP contribution in [-0.4, -0.2) is 34.8 Å². The second-order valence-corrected chi connectivity index (χ2v) is 8.64. The first-order chi connectivity index (χ1) is 15.6. The lowest BCUT2D eigenvalue weighted by atomic mass is 9.58. The third-order valence-electron chi connectivity index (χ3n) is 6.75. The molecule has 3 N–H and O–H groups in total. The van der Waals surface area contributed by atoms with Crippen molar-refractivity contribution in [3.63, 3.8) is 0 Å². The number of nitrogens with zero attached hydrogens (tertiary/aromatic N) is 1. The van der Waals surface area contributed by atoms with Crippen molar-refractivity contribution >= 4 is 17.5 Å². The molecule has 2 atom stereocenters. The zero-order valence-corrected chi connectivity index (χ0v) is 17.9. The summed E-state index contributed by atoms with van der Waals surface area (Å²) in [6.45, 7) is 1.30. The van der Waals surface area contributed by atoms with Crippen molar-refractivity contribution in [3.8, 4) is 0 Å². The van der Waals surface area contributed by atoms with Gasteiger partial charge in [-0.1, -0.05) is 54.6 Å². The maximum Gasteiger partial charge on any atom is 0.307 e. The summed E-state index contributed by atoms with van der Waals surface area (Å²) < 4.78 is 6.74. The van der Waals surface area contributed by atoms with Crippen LogP contribution in [0.4, 0.5) is 11.5 Å². The first kappa shape index (κ1) is 20.5. The van der Waals surface area contributed by atoms with Crippen molar-refractivity contribution in [1.82, 2.24) is 4.98 Å². The van der Waals surface area contributed by atoms with E-state index in [1.807, 2.05) is 42.5 Å². The number of hydrogen-bond donors (Lipinski definition) is 3. The van der Waals surface area contributed by atoms with Gasteiger partial charge in [-0.25, -0.2) is 4.98 Å². The zero-order valence-electron chi connectivity index (χ0n) is 17.9. The van der Waals surface area contributed by atoms with Gasteiger partial charge in [-0.3, -0.25) is 4.79 Å². The van der Waals surface area contributed by atoms with E-state index in [9.17, 15) is 4.79 Å². The van der Waals surface area contributed by atoms with Crippen LogP contribution in [0.1, 0.15) is 29.5 Å². The minimum Gasteiger partial charge on any atom is -0.481 e. The van der Waals surface area contributed by atoms with Crippen LogP contribution in [-0.2, 0) is 28.0 Å². The van der Waals surface area contributed by atoms with Crippen LogP contribution >= 0.6 is 0 Å². The molecule has 0 radical (unpaired) electrons. The van der Waals surface area contributed by atoms with E-state index >= 15 is 0 Å². The van der Waals surface area contributed by atoms with Gasteiger partial charge in [-0.15, -0.1) is 0 Å². The van der Waals surface area contributed by atoms with Crippen molar-refractivity contribution in [1.29, 1.82) is 0 Å². The Morgan fingerprint density at radius 2 is 1.88 bits per heavy atom. The second kappa shape index (κ2) is 8.28. The Kier molecular flexibility index (Phi) is 5.31. The minimum absolute atomic E-state index is 0.0355. The van der Waals surface area contributed by atoms with Gasteiger partial charge in [0, 0.05) is 12.7 Å². The highest BCUT2D eigenvalue weighted by Gasteiger charge is 2.62. The summed E-state index contributed by atoms with van der Waals surface area (Å²) in [5.41, 5.74) is 3.34. The summed E-state index contributed by atoms with van der Waals surface area (Å²) >= 11 is 0. The molecular weight excluding hydrogens is 402 g/mol. The Hall–Kier alpha value is -3.38. The fraction of sp³-hybridized carbons (Fsp3) is 0.308. The lowest BCUT2D eigenvalue weighted by Crippen LogP contribution is -2.70. The lowest BCUT2D eigenvalue weighted by Gasteiger charge is -2.61. The third-order valence-corrected chi connectivity index (χ3v) is 6.75. The van der Waals surface area contributed by atoms with E-state index in [0.29, 0.717) is 6.61 Å². The summed E-state index contributed by atoms with van der Waals surface area (Å²) in [6.07, 6.45) is 4.47. The number of anilines is 2. The van der Waals surface area contributed by atoms with Crippen LogP contribution in [0.2, 0.25) is 0 Å². The Balaban J connectivity index is 1.38. The summed E-state index contributed by atoms with van der Waals surface area (Å²) in [5, 5.41) is 16.3. The summed E-state index contributed by atoms with van der Waals surface area (Å²) in [6, 6.07) is 22.2. The van der Waals surface area contributed by atoms with Gasteiger partial charge in [0.1, 0.15) is 11.4 Å². The number of fused-ring (bicyclic) bond motifs is 1. The normalized spacial score (nSPS) is 23.5. The molecule has 2 heterocycles. The molecule has 3 aromatic rings. The number of aliphatic carboxylic acids is 1. The van der Waals surface area contributed by atoms with Crippen LogP contribution in [0.25, 0.3) is 0 Å². The first-order valence-corrected chi connectivity index (χ1v) is 11.1. The lowest BCUT2D eigenvalue weighted by molar-refractivity contribution is -0.155. The van der Waals surface area contributed by atoms with E-state index < -0.39 is 11.6 Å². The molecule has 1 aromatic heterocycles. The smallest absolute Gasteiger partial charge is 0.307 e. The SMILES string of the molecule is O=C(O)Cc1cccc(CCO[C@@]2(c3ccccc3)CC[C@]23CNc2cccnc2N3)c1. The van der Waals surface area contributed by atoms with E-state index in [1.165, 1.54) is 5.56 Å². The van der Waals surface area contributed by atoms with E-state index in [2.05, 4.69) is 39.9 Å². The average Bonchev–Trinajstić information content (AvgIpc) is 2.81. The van der Waals surface area contributed by atoms with Gasteiger partial charge in [0.2, 0.25) is 0 Å². The van der Waals surface area contributed by atoms with Gasteiger partial charge in [0.25, 0.3) is 0 Å². The molecule has 1 aliphatic carbocycles. The van der Waals surface area contributed by atoms with Crippen molar-refractivity contribution in [3.05, 3.63) is 89.6 Å². The number of aromatic nitrogens is 1. The molecule has 1 saturated carbocycles. The van der Waals surface area contributed by atoms with Crippen LogP contribution in [0.5, 0.6) is 0 Å². The molecule has 0 unspecified atom stereocenters. The summed E-state index contributed by atoms with van der Waals surface area (Å²) in [4.78, 5) is 15.6. The highest BCUT2D eigenvalue weighted by molar-refractivity contribution is 5.70. The molecule has 2 aliphatic rings. The zero-order chi connectivity index (χ0) is 22.0. The Bertz CT molecular complexity index is 1120. The number of carboxylic acids is 1. The highest BCUT2D eigenvalue weighted by Crippen LogP contribution is 2.56. The molecule has 2 aromatic carbocycles. The monoisotopic (exact) mass is 429 g/mol. The highest BCUT2D eigenvalue weighted by atomic mass is 16.5. The number of carbonyl (C=O) groups is 1. The molecule has 5 rings (SSSR count). The molecule has 1 aliphatic heterocycles. The third kappa shape index (κ3) is 3.60. The maximum absolute atomic E-state index is 11.0. The van der Waals surface area contributed by atoms with Crippen LogP contribution in [0.3, 0.4) is 0 Å². The molecule has 0 bridgehead atoms. The van der Waals surface area contributed by atoms with Crippen LogP contribution in [0, 0.1) is 0 Å². The predicted molar refractivity (Wildman–Crippen MR) is 124 cm³/mol. The van der Waals surface area contributed by atoms with Gasteiger partial charge in [0.15, 0.2) is 0 Å². The van der Waals surface area contributed by atoms with Gasteiger partial charge >= 0.3 is 5.97 Å². The molecule has 0 amide bonds. The standard InChI is InChI=1S/C26H27N3O3/c30-23(31)17-20-7-4-6-19(16-20)11-15-32-26(21-8-2-1-3-9-21)13-12-25(26)18-28-22-10-5-14-27-24(22)29-25/h1-10,14,16,28H,11-13,15,17-18H2,(H,27,29)(H,30,31)/t25-,26+/m0/s1. The fourth-order valence-electron chi connectivity index (χ4n) is 5.05. The van der Waals surface area contributed by atoms with E-state index in [-0.39, 0.29) is 12.0 Å². The van der Waals surface area contributed by atoms with E-state index in [0.717, 1.165) is 48.4 Å². The van der Waals surface area contributed by atoms with Crippen LogP contribution < -0.4 is 10.6 Å². The molecule has 6 nitrogen and oxygen atoms in total. The number of rotatable bonds is 7. The first-order valence-electron chi connectivity index (χ1n) is 11.1. The van der Waals surface area contributed by atoms with E-state index in [1.54, 1.807) is 6.20 Å².